The maximum Gasteiger partial charge on any atom is 0.407 e. The van der Waals surface area contributed by atoms with Crippen LogP contribution in [0.1, 0.15) is 34.7 Å². The summed E-state index contributed by atoms with van der Waals surface area (Å²) in [4.78, 5) is 39.6. The normalized spacial score (nSPS) is 13.0. The fraction of sp³-hybridized carbons (Fsp3) is 0.250. The molecule has 8 nitrogen and oxygen atoms in total. The van der Waals surface area contributed by atoms with E-state index in [4.69, 9.17) is 9.84 Å². The number of hydrogen-bond donors (Lipinski definition) is 3. The molecule has 33 heavy (non-hydrogen) atoms. The van der Waals surface area contributed by atoms with E-state index >= 15 is 0 Å². The molecule has 9 heteroatoms. The summed E-state index contributed by atoms with van der Waals surface area (Å²) in [6.45, 7) is 1.88. The molecular formula is C24H23N3O5S. The van der Waals surface area contributed by atoms with E-state index in [1.54, 1.807) is 12.3 Å². The van der Waals surface area contributed by atoms with Gasteiger partial charge in [0.2, 0.25) is 5.91 Å². The zero-order valence-corrected chi connectivity index (χ0v) is 18.7. The number of alkyl carbamates (subject to hydrolysis) is 1. The van der Waals surface area contributed by atoms with Crippen molar-refractivity contribution in [3.05, 3.63) is 75.7 Å². The first kappa shape index (κ1) is 22.5. The van der Waals surface area contributed by atoms with Crippen LogP contribution in [0.5, 0.6) is 0 Å². The van der Waals surface area contributed by atoms with Gasteiger partial charge in [-0.15, -0.1) is 11.3 Å². The highest BCUT2D eigenvalue weighted by Crippen LogP contribution is 2.44. The number of ether oxygens (including phenoxy) is 1. The highest BCUT2D eigenvalue weighted by molar-refractivity contribution is 7.09. The Kier molecular flexibility index (Phi) is 6.69. The zero-order chi connectivity index (χ0) is 23.4. The van der Waals surface area contributed by atoms with Gasteiger partial charge in [0.05, 0.1) is 18.7 Å². The van der Waals surface area contributed by atoms with E-state index in [1.807, 2.05) is 36.4 Å². The number of carboxylic acid groups (broad SMARTS) is 1. The van der Waals surface area contributed by atoms with Crippen LogP contribution in [-0.4, -0.2) is 40.7 Å². The second-order valence-corrected chi connectivity index (χ2v) is 8.66. The summed E-state index contributed by atoms with van der Waals surface area (Å²) < 4.78 is 5.47. The first-order valence-electron chi connectivity index (χ1n) is 10.5. The Bertz CT molecular complexity index is 1150. The highest BCUT2D eigenvalue weighted by Gasteiger charge is 2.29. The van der Waals surface area contributed by atoms with Crippen molar-refractivity contribution in [1.82, 2.24) is 15.6 Å². The quantitative estimate of drug-likeness (QED) is 0.470. The molecule has 0 spiro atoms. The van der Waals surface area contributed by atoms with Crippen molar-refractivity contribution in [1.29, 1.82) is 0 Å². The van der Waals surface area contributed by atoms with Gasteiger partial charge in [-0.1, -0.05) is 48.5 Å². The standard InChI is InChI=1S/C24H23N3O5S/c1-14(23(30)25-11-21-27-15(13-33-21)10-22(28)29)26-24(31)32-12-20-18-8-4-2-6-16(18)17-7-3-5-9-19(17)20/h2-9,13-14,20H,10-12H2,1H3,(H,25,30)(H,26,31)(H,28,29). The Hall–Kier alpha value is -3.72. The van der Waals surface area contributed by atoms with Crippen molar-refractivity contribution in [2.24, 2.45) is 0 Å². The molecule has 0 fully saturated rings. The molecule has 2 aromatic carbocycles. The Balaban J connectivity index is 1.28. The van der Waals surface area contributed by atoms with Crippen LogP contribution in [0.25, 0.3) is 11.1 Å². The highest BCUT2D eigenvalue weighted by atomic mass is 32.1. The van der Waals surface area contributed by atoms with Gasteiger partial charge in [0.1, 0.15) is 17.7 Å². The number of nitrogens with one attached hydrogen (secondary N) is 2. The number of aromatic nitrogens is 1. The molecule has 3 N–H and O–H groups in total. The van der Waals surface area contributed by atoms with Crippen LogP contribution < -0.4 is 10.6 Å². The molecule has 0 aliphatic heterocycles. The number of fused-ring (bicyclic) bond motifs is 3. The van der Waals surface area contributed by atoms with Gasteiger partial charge < -0.3 is 20.5 Å². The first-order chi connectivity index (χ1) is 15.9. The van der Waals surface area contributed by atoms with Crippen LogP contribution in [0.15, 0.2) is 53.9 Å². The van der Waals surface area contributed by atoms with Crippen molar-refractivity contribution in [3.63, 3.8) is 0 Å². The topological polar surface area (TPSA) is 118 Å². The zero-order valence-electron chi connectivity index (χ0n) is 17.9. The molecule has 2 amide bonds. The lowest BCUT2D eigenvalue weighted by molar-refractivity contribution is -0.136. The number of hydrogen-bond acceptors (Lipinski definition) is 6. The molecule has 0 saturated carbocycles. The fourth-order valence-corrected chi connectivity index (χ4v) is 4.60. The number of aliphatic carboxylic acids is 1. The van der Waals surface area contributed by atoms with Gasteiger partial charge in [0, 0.05) is 11.3 Å². The van der Waals surface area contributed by atoms with Crippen molar-refractivity contribution in [2.75, 3.05) is 6.61 Å². The van der Waals surface area contributed by atoms with E-state index in [1.165, 1.54) is 11.3 Å². The number of carbonyl (C=O) groups is 3. The number of carboxylic acids is 1. The molecule has 1 atom stereocenters. The largest absolute Gasteiger partial charge is 0.481 e. The van der Waals surface area contributed by atoms with Crippen molar-refractivity contribution < 1.29 is 24.2 Å². The number of benzene rings is 2. The van der Waals surface area contributed by atoms with Crippen LogP contribution >= 0.6 is 11.3 Å². The molecule has 170 valence electrons. The fourth-order valence-electron chi connectivity index (χ4n) is 3.86. The minimum atomic E-state index is -0.961. The Morgan fingerprint density at radius 3 is 2.36 bits per heavy atom. The molecule has 1 unspecified atom stereocenters. The third kappa shape index (κ3) is 5.20. The third-order valence-electron chi connectivity index (χ3n) is 5.42. The second kappa shape index (κ2) is 9.83. The van der Waals surface area contributed by atoms with Gasteiger partial charge in [-0.05, 0) is 29.2 Å². The van der Waals surface area contributed by atoms with E-state index in [0.717, 1.165) is 22.3 Å². The number of amides is 2. The third-order valence-corrected chi connectivity index (χ3v) is 6.31. The molecule has 0 saturated heterocycles. The predicted molar refractivity (Wildman–Crippen MR) is 123 cm³/mol. The van der Waals surface area contributed by atoms with E-state index < -0.39 is 24.0 Å². The van der Waals surface area contributed by atoms with Crippen LogP contribution in [0, 0.1) is 0 Å². The van der Waals surface area contributed by atoms with E-state index in [9.17, 15) is 14.4 Å². The van der Waals surface area contributed by atoms with Crippen molar-refractivity contribution in [2.45, 2.75) is 31.8 Å². The summed E-state index contributed by atoms with van der Waals surface area (Å²) in [7, 11) is 0. The van der Waals surface area contributed by atoms with Gasteiger partial charge in [-0.25, -0.2) is 9.78 Å². The number of carbonyl (C=O) groups excluding carboxylic acids is 2. The lowest BCUT2D eigenvalue weighted by Gasteiger charge is -2.17. The summed E-state index contributed by atoms with van der Waals surface area (Å²) >= 11 is 1.27. The smallest absolute Gasteiger partial charge is 0.407 e. The lowest BCUT2D eigenvalue weighted by Crippen LogP contribution is -2.45. The molecule has 1 aromatic heterocycles. The molecule has 0 bridgehead atoms. The molecule has 4 rings (SSSR count). The average Bonchev–Trinajstić information content (AvgIpc) is 3.37. The van der Waals surface area contributed by atoms with Gasteiger partial charge in [0.25, 0.3) is 0 Å². The minimum absolute atomic E-state index is 0.0582. The van der Waals surface area contributed by atoms with Crippen molar-refractivity contribution in [3.8, 4) is 11.1 Å². The molecule has 0 radical (unpaired) electrons. The number of thiazole rings is 1. The Morgan fingerprint density at radius 1 is 1.09 bits per heavy atom. The molecule has 1 aliphatic rings. The van der Waals surface area contributed by atoms with Crippen LogP contribution in [0.4, 0.5) is 4.79 Å². The molecule has 1 heterocycles. The molecule has 1 aliphatic carbocycles. The summed E-state index contributed by atoms with van der Waals surface area (Å²) in [6, 6.07) is 15.3. The van der Waals surface area contributed by atoms with Gasteiger partial charge >= 0.3 is 12.1 Å². The van der Waals surface area contributed by atoms with Gasteiger partial charge in [-0.3, -0.25) is 9.59 Å². The SMILES string of the molecule is CC(NC(=O)OCC1c2ccccc2-c2ccccc21)C(=O)NCc1nc(CC(=O)O)cs1. The maximum absolute atomic E-state index is 12.3. The number of nitrogens with zero attached hydrogens (tertiary/aromatic N) is 1. The van der Waals surface area contributed by atoms with Gasteiger partial charge in [-0.2, -0.15) is 0 Å². The van der Waals surface area contributed by atoms with Crippen LogP contribution in [0.3, 0.4) is 0 Å². The first-order valence-corrected chi connectivity index (χ1v) is 11.3. The summed E-state index contributed by atoms with van der Waals surface area (Å²) in [5.41, 5.74) is 4.96. The second-order valence-electron chi connectivity index (χ2n) is 7.71. The average molecular weight is 466 g/mol. The summed E-state index contributed by atoms with van der Waals surface area (Å²) in [6.07, 6.45) is -0.831. The summed E-state index contributed by atoms with van der Waals surface area (Å²) in [5, 5.41) is 16.3. The lowest BCUT2D eigenvalue weighted by atomic mass is 9.98. The number of rotatable bonds is 8. The molecule has 3 aromatic rings. The van der Waals surface area contributed by atoms with Crippen molar-refractivity contribution >= 4 is 29.3 Å². The maximum atomic E-state index is 12.3. The van der Waals surface area contributed by atoms with E-state index in [0.29, 0.717) is 10.7 Å². The predicted octanol–water partition coefficient (Wildman–Crippen LogP) is 3.31. The molecular weight excluding hydrogens is 442 g/mol. The monoisotopic (exact) mass is 465 g/mol. The van der Waals surface area contributed by atoms with Crippen LogP contribution in [-0.2, 0) is 27.3 Å². The van der Waals surface area contributed by atoms with E-state index in [2.05, 4.69) is 27.8 Å². The van der Waals surface area contributed by atoms with Gasteiger partial charge in [0.15, 0.2) is 0 Å². The Morgan fingerprint density at radius 2 is 1.73 bits per heavy atom. The Labute approximate surface area is 194 Å². The minimum Gasteiger partial charge on any atom is -0.481 e. The van der Waals surface area contributed by atoms with E-state index in [-0.39, 0.29) is 25.5 Å². The van der Waals surface area contributed by atoms with Crippen LogP contribution in [0.2, 0.25) is 0 Å². The summed E-state index contributed by atoms with van der Waals surface area (Å²) in [5.74, 6) is -1.41.